The van der Waals surface area contributed by atoms with Gasteiger partial charge in [-0.3, -0.25) is 19.9 Å². The molecule has 2 saturated heterocycles. The molecule has 9 nitrogen and oxygen atoms in total. The summed E-state index contributed by atoms with van der Waals surface area (Å²) in [6, 6.07) is 23.8. The van der Waals surface area contributed by atoms with Crippen molar-refractivity contribution in [3.8, 4) is 22.8 Å². The predicted octanol–water partition coefficient (Wildman–Crippen LogP) is 5.97. The Balaban J connectivity index is 0.997. The Morgan fingerprint density at radius 1 is 1.00 bits per heavy atom. The summed E-state index contributed by atoms with van der Waals surface area (Å²) >= 11 is 0.888. The Morgan fingerprint density at radius 3 is 2.51 bits per heavy atom. The van der Waals surface area contributed by atoms with Crippen molar-refractivity contribution in [2.24, 2.45) is 5.92 Å². The summed E-state index contributed by atoms with van der Waals surface area (Å²) < 4.78 is 5.93. The fourth-order valence-corrected chi connectivity index (χ4v) is 5.85. The molecule has 218 valence electrons. The van der Waals surface area contributed by atoms with Gasteiger partial charge in [-0.1, -0.05) is 18.2 Å². The van der Waals surface area contributed by atoms with Gasteiger partial charge in [-0.15, -0.1) is 0 Å². The molecule has 43 heavy (non-hydrogen) atoms. The van der Waals surface area contributed by atoms with Crippen molar-refractivity contribution in [2.75, 3.05) is 24.5 Å². The molecule has 2 aromatic heterocycles. The van der Waals surface area contributed by atoms with E-state index in [2.05, 4.69) is 44.6 Å². The van der Waals surface area contributed by atoms with Gasteiger partial charge in [-0.25, -0.2) is 9.97 Å². The third kappa shape index (κ3) is 7.46. The number of aryl methyl sites for hydroxylation is 1. The smallest absolute Gasteiger partial charge is 0.290 e. The Hall–Kier alpha value is -4.54. The van der Waals surface area contributed by atoms with E-state index in [0.29, 0.717) is 29.0 Å². The largest absolute Gasteiger partial charge is 0.457 e. The lowest BCUT2D eigenvalue weighted by atomic mass is 9.97. The van der Waals surface area contributed by atoms with Gasteiger partial charge in [0.15, 0.2) is 0 Å². The SMILES string of the molecule is Cc1cc(CNCC2CCN(c3nccc(/C=C4/SC(=O)NC4=O)n3)CC2)nc(-c2ccc(Oc3ccccc3)cc2)c1. The van der Waals surface area contributed by atoms with Crippen molar-refractivity contribution in [3.63, 3.8) is 0 Å². The Morgan fingerprint density at radius 2 is 1.77 bits per heavy atom. The standard InChI is InChI=1S/C33H32N6O3S/c1-22-17-26(36-29(18-22)24-7-9-28(10-8-24)42-27-5-3-2-4-6-27)21-34-20-23-12-15-39(16-13-23)32-35-14-11-25(37-32)19-30-31(40)38-33(41)43-30/h2-11,14,17-19,23,34H,12-13,15-16,20-21H2,1H3,(H,38,40,41)/b30-19+. The summed E-state index contributed by atoms with van der Waals surface area (Å²) in [5.74, 6) is 2.42. The number of nitrogens with zero attached hydrogens (tertiary/aromatic N) is 4. The first-order valence-corrected chi connectivity index (χ1v) is 15.1. The number of para-hydroxylation sites is 1. The highest BCUT2D eigenvalue weighted by atomic mass is 32.2. The summed E-state index contributed by atoms with van der Waals surface area (Å²) in [6.45, 7) is 5.44. The fraction of sp³-hybridized carbons (Fsp3) is 0.242. The summed E-state index contributed by atoms with van der Waals surface area (Å²) in [5.41, 5.74) is 4.82. The van der Waals surface area contributed by atoms with E-state index in [4.69, 9.17) is 9.72 Å². The molecule has 4 aromatic rings. The molecule has 2 aromatic carbocycles. The van der Waals surface area contributed by atoms with Gasteiger partial charge in [-0.2, -0.15) is 0 Å². The molecule has 0 saturated carbocycles. The first kappa shape index (κ1) is 28.6. The number of hydrogen-bond acceptors (Lipinski definition) is 9. The van der Waals surface area contributed by atoms with Crippen molar-refractivity contribution >= 4 is 34.9 Å². The Labute approximate surface area is 254 Å². The van der Waals surface area contributed by atoms with Crippen LogP contribution in [0.5, 0.6) is 11.5 Å². The topological polar surface area (TPSA) is 109 Å². The van der Waals surface area contributed by atoms with Crippen molar-refractivity contribution in [3.05, 3.63) is 101 Å². The van der Waals surface area contributed by atoms with Crippen molar-refractivity contribution in [1.82, 2.24) is 25.6 Å². The quantitative estimate of drug-likeness (QED) is 0.227. The zero-order chi connectivity index (χ0) is 29.6. The van der Waals surface area contributed by atoms with Gasteiger partial charge < -0.3 is 15.0 Å². The van der Waals surface area contributed by atoms with Crippen molar-refractivity contribution in [2.45, 2.75) is 26.3 Å². The monoisotopic (exact) mass is 592 g/mol. The molecular formula is C33H32N6O3S. The van der Waals surface area contributed by atoms with E-state index < -0.39 is 0 Å². The third-order valence-corrected chi connectivity index (χ3v) is 8.18. The van der Waals surface area contributed by atoms with E-state index in [1.54, 1.807) is 18.3 Å². The number of anilines is 1. The number of carbonyl (C=O) groups excluding carboxylic acids is 2. The second-order valence-electron chi connectivity index (χ2n) is 10.7. The third-order valence-electron chi connectivity index (χ3n) is 7.37. The van der Waals surface area contributed by atoms with Gasteiger partial charge in [0.05, 0.1) is 22.0 Å². The number of imide groups is 1. The highest BCUT2D eigenvalue weighted by Crippen LogP contribution is 2.27. The summed E-state index contributed by atoms with van der Waals surface area (Å²) in [7, 11) is 0. The van der Waals surface area contributed by atoms with E-state index in [1.807, 2.05) is 54.6 Å². The average molecular weight is 593 g/mol. The highest BCUT2D eigenvalue weighted by Gasteiger charge is 2.26. The summed E-state index contributed by atoms with van der Waals surface area (Å²) in [4.78, 5) is 39.8. The zero-order valence-corrected chi connectivity index (χ0v) is 24.6. The van der Waals surface area contributed by atoms with Gasteiger partial charge in [-0.05, 0) is 110 Å². The number of rotatable bonds is 9. The second kappa shape index (κ2) is 13.2. The van der Waals surface area contributed by atoms with Gasteiger partial charge in [0.2, 0.25) is 5.95 Å². The minimum absolute atomic E-state index is 0.348. The molecule has 0 spiro atoms. The van der Waals surface area contributed by atoms with Gasteiger partial charge in [0.25, 0.3) is 11.1 Å². The molecule has 0 unspecified atom stereocenters. The zero-order valence-electron chi connectivity index (χ0n) is 23.8. The van der Waals surface area contributed by atoms with E-state index in [-0.39, 0.29) is 11.1 Å². The molecule has 0 atom stereocenters. The molecule has 0 radical (unpaired) electrons. The van der Waals surface area contributed by atoms with E-state index >= 15 is 0 Å². The molecule has 6 rings (SSSR count). The molecule has 2 N–H and O–H groups in total. The minimum Gasteiger partial charge on any atom is -0.457 e. The van der Waals surface area contributed by atoms with Crippen LogP contribution in [-0.2, 0) is 11.3 Å². The number of aromatic nitrogens is 3. The van der Waals surface area contributed by atoms with Crippen LogP contribution in [0.4, 0.5) is 10.7 Å². The maximum Gasteiger partial charge on any atom is 0.290 e. The average Bonchev–Trinajstić information content (AvgIpc) is 3.34. The maximum atomic E-state index is 11.9. The van der Waals surface area contributed by atoms with Gasteiger partial charge in [0, 0.05) is 31.4 Å². The van der Waals surface area contributed by atoms with Crippen LogP contribution < -0.4 is 20.3 Å². The van der Waals surface area contributed by atoms with Crippen LogP contribution >= 0.6 is 11.8 Å². The molecule has 0 aliphatic carbocycles. The van der Waals surface area contributed by atoms with Crippen LogP contribution in [0.2, 0.25) is 0 Å². The lowest BCUT2D eigenvalue weighted by Gasteiger charge is -2.32. The van der Waals surface area contributed by atoms with Crippen LogP contribution in [0.25, 0.3) is 17.3 Å². The molecular weight excluding hydrogens is 560 g/mol. The number of nitrogens with one attached hydrogen (secondary N) is 2. The molecule has 0 bridgehead atoms. The van der Waals surface area contributed by atoms with Crippen LogP contribution in [0.1, 0.15) is 29.8 Å². The summed E-state index contributed by atoms with van der Waals surface area (Å²) in [5, 5.41) is 5.52. The van der Waals surface area contributed by atoms with Crippen LogP contribution in [-0.4, -0.2) is 45.7 Å². The number of benzene rings is 2. The van der Waals surface area contributed by atoms with Gasteiger partial charge in [0.1, 0.15) is 11.5 Å². The lowest BCUT2D eigenvalue weighted by molar-refractivity contribution is -0.115. The minimum atomic E-state index is -0.385. The highest BCUT2D eigenvalue weighted by molar-refractivity contribution is 8.18. The van der Waals surface area contributed by atoms with Crippen LogP contribution in [0, 0.1) is 12.8 Å². The lowest BCUT2D eigenvalue weighted by Crippen LogP contribution is -2.38. The number of piperidine rings is 1. The van der Waals surface area contributed by atoms with Crippen LogP contribution in [0.15, 0.2) is 83.9 Å². The molecule has 2 aliphatic rings. The van der Waals surface area contributed by atoms with E-state index in [1.165, 1.54) is 5.56 Å². The molecule has 10 heteroatoms. The number of carbonyl (C=O) groups is 2. The maximum absolute atomic E-state index is 11.9. The molecule has 4 heterocycles. The Bertz CT molecular complexity index is 1640. The molecule has 2 fully saturated rings. The Kier molecular flexibility index (Phi) is 8.76. The molecule has 2 aliphatic heterocycles. The second-order valence-corrected chi connectivity index (χ2v) is 11.7. The van der Waals surface area contributed by atoms with Crippen molar-refractivity contribution in [1.29, 1.82) is 0 Å². The van der Waals surface area contributed by atoms with Crippen LogP contribution in [0.3, 0.4) is 0 Å². The number of thioether (sulfide) groups is 1. The predicted molar refractivity (Wildman–Crippen MR) is 169 cm³/mol. The fourth-order valence-electron chi connectivity index (χ4n) is 5.19. The first-order chi connectivity index (χ1) is 21.0. The summed E-state index contributed by atoms with van der Waals surface area (Å²) in [6.07, 6.45) is 5.38. The van der Waals surface area contributed by atoms with Gasteiger partial charge >= 0.3 is 0 Å². The van der Waals surface area contributed by atoms with Crippen molar-refractivity contribution < 1.29 is 14.3 Å². The normalized spacial score (nSPS) is 16.5. The van der Waals surface area contributed by atoms with E-state index in [0.717, 1.165) is 72.7 Å². The number of pyridine rings is 1. The van der Waals surface area contributed by atoms with E-state index in [9.17, 15) is 9.59 Å². The molecule has 2 amide bonds. The number of ether oxygens (including phenoxy) is 1. The number of hydrogen-bond donors (Lipinski definition) is 2. The first-order valence-electron chi connectivity index (χ1n) is 14.3. The number of amides is 2.